The first kappa shape index (κ1) is 13.3. The lowest BCUT2D eigenvalue weighted by Gasteiger charge is -2.20. The molecule has 0 aromatic heterocycles. The average molecular weight is 204 g/mol. The summed E-state index contributed by atoms with van der Waals surface area (Å²) in [7, 11) is 0. The van der Waals surface area contributed by atoms with Gasteiger partial charge in [0.2, 0.25) is 0 Å². The molecule has 3 heteroatoms. The molecule has 0 aromatic rings. The summed E-state index contributed by atoms with van der Waals surface area (Å²) in [5.74, 6) is 1.26. The van der Waals surface area contributed by atoms with Gasteiger partial charge in [-0.15, -0.1) is 0 Å². The maximum absolute atomic E-state index is 3.45. The molecule has 0 radical (unpaired) electrons. The minimum Gasteiger partial charge on any atom is -0.315 e. The molecule has 0 fully saturated rings. The van der Waals surface area contributed by atoms with Crippen LogP contribution in [0.2, 0.25) is 0 Å². The Balaban J connectivity index is 3.00. The van der Waals surface area contributed by atoms with Crippen molar-refractivity contribution in [3.8, 4) is 0 Å². The van der Waals surface area contributed by atoms with Gasteiger partial charge in [-0.1, -0.05) is 0 Å². The van der Waals surface area contributed by atoms with Crippen LogP contribution in [0.15, 0.2) is 0 Å². The Hall–Kier alpha value is 0.270. The SMILES string of the molecule is CSCCCNCCNC(C)(C)C. The number of nitrogens with one attached hydrogen (secondary N) is 2. The van der Waals surface area contributed by atoms with E-state index in [2.05, 4.69) is 37.7 Å². The van der Waals surface area contributed by atoms with Crippen LogP contribution in [0.25, 0.3) is 0 Å². The quantitative estimate of drug-likeness (QED) is 0.618. The van der Waals surface area contributed by atoms with E-state index in [4.69, 9.17) is 0 Å². The van der Waals surface area contributed by atoms with Crippen molar-refractivity contribution in [3.63, 3.8) is 0 Å². The van der Waals surface area contributed by atoms with E-state index in [9.17, 15) is 0 Å². The van der Waals surface area contributed by atoms with E-state index < -0.39 is 0 Å². The topological polar surface area (TPSA) is 24.1 Å². The molecule has 0 rings (SSSR count). The summed E-state index contributed by atoms with van der Waals surface area (Å²) in [6.45, 7) is 9.86. The summed E-state index contributed by atoms with van der Waals surface area (Å²) >= 11 is 1.91. The molecular weight excluding hydrogens is 180 g/mol. The van der Waals surface area contributed by atoms with E-state index in [0.717, 1.165) is 19.6 Å². The van der Waals surface area contributed by atoms with Crippen LogP contribution < -0.4 is 10.6 Å². The second-order valence-electron chi connectivity index (χ2n) is 4.27. The van der Waals surface area contributed by atoms with Gasteiger partial charge in [0.05, 0.1) is 0 Å². The molecule has 0 saturated heterocycles. The normalized spacial score (nSPS) is 12.0. The predicted molar refractivity (Wildman–Crippen MR) is 63.6 cm³/mol. The second-order valence-corrected chi connectivity index (χ2v) is 5.26. The number of hydrogen-bond acceptors (Lipinski definition) is 3. The third kappa shape index (κ3) is 12.3. The number of thioether (sulfide) groups is 1. The molecule has 0 aliphatic heterocycles. The Morgan fingerprint density at radius 1 is 1.08 bits per heavy atom. The first-order valence-corrected chi connectivity index (χ1v) is 6.40. The van der Waals surface area contributed by atoms with Gasteiger partial charge in [0.25, 0.3) is 0 Å². The Labute approximate surface area is 87.2 Å². The fourth-order valence-electron chi connectivity index (χ4n) is 0.992. The standard InChI is InChI=1S/C10H24N2S/c1-10(2,3)12-8-7-11-6-5-9-13-4/h11-12H,5-9H2,1-4H3. The van der Waals surface area contributed by atoms with E-state index in [-0.39, 0.29) is 5.54 Å². The van der Waals surface area contributed by atoms with Gasteiger partial charge >= 0.3 is 0 Å². The van der Waals surface area contributed by atoms with E-state index in [1.165, 1.54) is 12.2 Å². The largest absolute Gasteiger partial charge is 0.315 e. The summed E-state index contributed by atoms with van der Waals surface area (Å²) in [5.41, 5.74) is 0.251. The van der Waals surface area contributed by atoms with Gasteiger partial charge in [-0.3, -0.25) is 0 Å². The Kier molecular flexibility index (Phi) is 7.81. The van der Waals surface area contributed by atoms with Gasteiger partial charge in [-0.25, -0.2) is 0 Å². The predicted octanol–water partition coefficient (Wildman–Crippen LogP) is 1.72. The zero-order valence-corrected chi connectivity index (χ0v) is 10.3. The van der Waals surface area contributed by atoms with Gasteiger partial charge in [-0.05, 0) is 45.7 Å². The first-order valence-electron chi connectivity index (χ1n) is 5.01. The molecule has 2 nitrogen and oxygen atoms in total. The van der Waals surface area contributed by atoms with E-state index in [1.807, 2.05) is 11.8 Å². The summed E-state index contributed by atoms with van der Waals surface area (Å²) < 4.78 is 0. The first-order chi connectivity index (χ1) is 6.06. The second kappa shape index (κ2) is 7.65. The van der Waals surface area contributed by atoms with Crippen molar-refractivity contribution >= 4 is 11.8 Å². The highest BCUT2D eigenvalue weighted by Gasteiger charge is 2.06. The van der Waals surface area contributed by atoms with Gasteiger partial charge in [0, 0.05) is 18.6 Å². The molecule has 0 bridgehead atoms. The molecule has 0 aromatic carbocycles. The van der Waals surface area contributed by atoms with Crippen LogP contribution in [0.3, 0.4) is 0 Å². The fourth-order valence-corrected chi connectivity index (χ4v) is 1.43. The highest BCUT2D eigenvalue weighted by atomic mass is 32.2. The van der Waals surface area contributed by atoms with Crippen molar-refractivity contribution in [3.05, 3.63) is 0 Å². The van der Waals surface area contributed by atoms with Crippen molar-refractivity contribution in [2.45, 2.75) is 32.7 Å². The zero-order chi connectivity index (χ0) is 10.2. The van der Waals surface area contributed by atoms with Crippen LogP contribution >= 0.6 is 11.8 Å². The van der Waals surface area contributed by atoms with Crippen LogP contribution in [0.5, 0.6) is 0 Å². The van der Waals surface area contributed by atoms with Crippen LogP contribution in [0.1, 0.15) is 27.2 Å². The third-order valence-corrected chi connectivity index (χ3v) is 2.36. The minimum atomic E-state index is 0.251. The maximum atomic E-state index is 3.45. The lowest BCUT2D eigenvalue weighted by Crippen LogP contribution is -2.40. The molecule has 0 aliphatic rings. The molecule has 0 unspecified atom stereocenters. The van der Waals surface area contributed by atoms with E-state index in [1.54, 1.807) is 0 Å². The van der Waals surface area contributed by atoms with Gasteiger partial charge in [0.1, 0.15) is 0 Å². The molecule has 0 saturated carbocycles. The summed E-state index contributed by atoms with van der Waals surface area (Å²) in [5, 5.41) is 6.86. The summed E-state index contributed by atoms with van der Waals surface area (Å²) in [4.78, 5) is 0. The smallest absolute Gasteiger partial charge is 0.00970 e. The highest BCUT2D eigenvalue weighted by molar-refractivity contribution is 7.98. The van der Waals surface area contributed by atoms with Gasteiger partial charge < -0.3 is 10.6 Å². The zero-order valence-electron chi connectivity index (χ0n) is 9.44. The average Bonchev–Trinajstić information content (AvgIpc) is 2.01. The lowest BCUT2D eigenvalue weighted by molar-refractivity contribution is 0.422. The molecule has 13 heavy (non-hydrogen) atoms. The fraction of sp³-hybridized carbons (Fsp3) is 1.00. The van der Waals surface area contributed by atoms with Crippen LogP contribution in [-0.4, -0.2) is 37.2 Å². The third-order valence-electron chi connectivity index (χ3n) is 1.66. The summed E-state index contributed by atoms with van der Waals surface area (Å²) in [6.07, 6.45) is 3.43. The number of hydrogen-bond donors (Lipinski definition) is 2. The monoisotopic (exact) mass is 204 g/mol. The van der Waals surface area contributed by atoms with Gasteiger partial charge in [-0.2, -0.15) is 11.8 Å². The summed E-state index contributed by atoms with van der Waals surface area (Å²) in [6, 6.07) is 0. The minimum absolute atomic E-state index is 0.251. The molecular formula is C10H24N2S. The van der Waals surface area contributed by atoms with Crippen molar-refractivity contribution in [1.29, 1.82) is 0 Å². The molecule has 2 N–H and O–H groups in total. The Morgan fingerprint density at radius 2 is 1.77 bits per heavy atom. The van der Waals surface area contributed by atoms with Crippen molar-refractivity contribution in [2.24, 2.45) is 0 Å². The molecule has 0 spiro atoms. The molecule has 0 atom stereocenters. The van der Waals surface area contributed by atoms with Crippen molar-refractivity contribution < 1.29 is 0 Å². The van der Waals surface area contributed by atoms with Crippen LogP contribution in [0.4, 0.5) is 0 Å². The van der Waals surface area contributed by atoms with E-state index >= 15 is 0 Å². The van der Waals surface area contributed by atoms with Gasteiger partial charge in [0.15, 0.2) is 0 Å². The van der Waals surface area contributed by atoms with Crippen molar-refractivity contribution in [1.82, 2.24) is 10.6 Å². The number of rotatable bonds is 7. The molecule has 0 heterocycles. The van der Waals surface area contributed by atoms with Crippen LogP contribution in [0, 0.1) is 0 Å². The molecule has 0 amide bonds. The van der Waals surface area contributed by atoms with Crippen LogP contribution in [-0.2, 0) is 0 Å². The molecule has 0 aliphatic carbocycles. The maximum Gasteiger partial charge on any atom is 0.00970 e. The highest BCUT2D eigenvalue weighted by Crippen LogP contribution is 1.96. The lowest BCUT2D eigenvalue weighted by atomic mass is 10.1. The van der Waals surface area contributed by atoms with E-state index in [0.29, 0.717) is 0 Å². The Morgan fingerprint density at radius 3 is 2.31 bits per heavy atom. The molecule has 80 valence electrons. The van der Waals surface area contributed by atoms with Crippen molar-refractivity contribution in [2.75, 3.05) is 31.6 Å². The Bertz CT molecular complexity index is 110.